The maximum atomic E-state index is 11.6. The fourth-order valence-corrected chi connectivity index (χ4v) is 2.71. The van der Waals surface area contributed by atoms with E-state index >= 15 is 0 Å². The van der Waals surface area contributed by atoms with Crippen molar-refractivity contribution < 1.29 is 14.6 Å². The number of likely N-dealkylation sites (tertiary alicyclic amines) is 1. The fourth-order valence-electron chi connectivity index (χ4n) is 2.71. The SMILES string of the molecule is CNC(=O)C1CCCN(CC2(CO)COC2)C1. The van der Waals surface area contributed by atoms with Gasteiger partial charge in [0.25, 0.3) is 0 Å². The van der Waals surface area contributed by atoms with E-state index < -0.39 is 0 Å². The van der Waals surface area contributed by atoms with Gasteiger partial charge in [0.15, 0.2) is 0 Å². The number of carbonyl (C=O) groups is 1. The molecule has 17 heavy (non-hydrogen) atoms. The van der Waals surface area contributed by atoms with Crippen molar-refractivity contribution in [3.05, 3.63) is 0 Å². The first-order valence-electron chi connectivity index (χ1n) is 6.32. The Labute approximate surface area is 102 Å². The van der Waals surface area contributed by atoms with Crippen molar-refractivity contribution in [3.8, 4) is 0 Å². The minimum Gasteiger partial charge on any atom is -0.396 e. The Balaban J connectivity index is 1.87. The van der Waals surface area contributed by atoms with E-state index in [4.69, 9.17) is 4.74 Å². The molecule has 0 radical (unpaired) electrons. The second-order valence-electron chi connectivity index (χ2n) is 5.34. The van der Waals surface area contributed by atoms with E-state index in [0.29, 0.717) is 13.2 Å². The van der Waals surface area contributed by atoms with Gasteiger partial charge in [-0.3, -0.25) is 4.79 Å². The molecule has 2 saturated heterocycles. The number of amides is 1. The van der Waals surface area contributed by atoms with Crippen molar-refractivity contribution in [2.24, 2.45) is 11.3 Å². The van der Waals surface area contributed by atoms with Crippen molar-refractivity contribution in [1.29, 1.82) is 0 Å². The summed E-state index contributed by atoms with van der Waals surface area (Å²) in [4.78, 5) is 13.9. The lowest BCUT2D eigenvalue weighted by Gasteiger charge is -2.45. The molecule has 0 aromatic heterocycles. The summed E-state index contributed by atoms with van der Waals surface area (Å²) < 4.78 is 5.20. The third-order valence-electron chi connectivity index (χ3n) is 3.83. The molecular weight excluding hydrogens is 220 g/mol. The van der Waals surface area contributed by atoms with Gasteiger partial charge in [-0.05, 0) is 19.4 Å². The largest absolute Gasteiger partial charge is 0.396 e. The van der Waals surface area contributed by atoms with Crippen molar-refractivity contribution in [3.63, 3.8) is 0 Å². The standard InChI is InChI=1S/C12H22N2O3/c1-13-11(16)10-3-2-4-14(5-10)6-12(7-15)8-17-9-12/h10,15H,2-9H2,1H3,(H,13,16). The molecule has 0 spiro atoms. The second kappa shape index (κ2) is 5.33. The number of aliphatic hydroxyl groups is 1. The zero-order valence-corrected chi connectivity index (χ0v) is 10.4. The predicted octanol–water partition coefficient (Wildman–Crippen LogP) is -0.547. The molecule has 0 saturated carbocycles. The number of aliphatic hydroxyl groups excluding tert-OH is 1. The molecule has 0 aromatic rings. The van der Waals surface area contributed by atoms with E-state index in [2.05, 4.69) is 10.2 Å². The molecule has 98 valence electrons. The van der Waals surface area contributed by atoms with Gasteiger partial charge in [-0.15, -0.1) is 0 Å². The van der Waals surface area contributed by atoms with Gasteiger partial charge >= 0.3 is 0 Å². The van der Waals surface area contributed by atoms with E-state index in [1.54, 1.807) is 7.05 Å². The lowest BCUT2D eigenvalue weighted by Crippen LogP contribution is -2.55. The molecule has 0 aromatic carbocycles. The lowest BCUT2D eigenvalue weighted by atomic mass is 9.85. The summed E-state index contributed by atoms with van der Waals surface area (Å²) in [7, 11) is 1.69. The number of nitrogens with zero attached hydrogens (tertiary/aromatic N) is 1. The minimum atomic E-state index is -0.0788. The molecule has 0 aliphatic carbocycles. The van der Waals surface area contributed by atoms with Crippen molar-refractivity contribution in [2.75, 3.05) is 46.5 Å². The quantitative estimate of drug-likeness (QED) is 0.694. The molecule has 2 rings (SSSR count). The number of piperidine rings is 1. The van der Waals surface area contributed by atoms with Crippen LogP contribution in [-0.4, -0.2) is 62.4 Å². The molecule has 2 aliphatic heterocycles. The van der Waals surface area contributed by atoms with Gasteiger partial charge in [0.05, 0.1) is 31.2 Å². The second-order valence-corrected chi connectivity index (χ2v) is 5.34. The summed E-state index contributed by atoms with van der Waals surface area (Å²) in [5, 5.41) is 12.1. The number of carbonyl (C=O) groups excluding carboxylic acids is 1. The highest BCUT2D eigenvalue weighted by Crippen LogP contribution is 2.29. The first kappa shape index (κ1) is 12.8. The molecule has 5 nitrogen and oxygen atoms in total. The first-order chi connectivity index (χ1) is 8.19. The van der Waals surface area contributed by atoms with E-state index in [0.717, 1.165) is 32.5 Å². The lowest BCUT2D eigenvalue weighted by molar-refractivity contribution is -0.152. The van der Waals surface area contributed by atoms with Crippen LogP contribution in [0.1, 0.15) is 12.8 Å². The van der Waals surface area contributed by atoms with Gasteiger partial charge in [0.2, 0.25) is 5.91 Å². The van der Waals surface area contributed by atoms with Crippen LogP contribution in [0.4, 0.5) is 0 Å². The van der Waals surface area contributed by atoms with Crippen LogP contribution in [0.5, 0.6) is 0 Å². The molecule has 1 atom stereocenters. The maximum absolute atomic E-state index is 11.6. The Hall–Kier alpha value is -0.650. The number of hydrogen-bond acceptors (Lipinski definition) is 4. The van der Waals surface area contributed by atoms with Gasteiger partial charge in [0, 0.05) is 20.1 Å². The minimum absolute atomic E-state index is 0.0788. The molecule has 2 fully saturated rings. The smallest absolute Gasteiger partial charge is 0.224 e. The van der Waals surface area contributed by atoms with E-state index in [9.17, 15) is 9.90 Å². The Bertz CT molecular complexity index is 273. The number of nitrogens with one attached hydrogen (secondary N) is 1. The zero-order valence-electron chi connectivity index (χ0n) is 10.4. The third kappa shape index (κ3) is 2.78. The van der Waals surface area contributed by atoms with Crippen LogP contribution in [0.15, 0.2) is 0 Å². The van der Waals surface area contributed by atoms with Crippen LogP contribution in [0.2, 0.25) is 0 Å². The monoisotopic (exact) mass is 242 g/mol. The predicted molar refractivity (Wildman–Crippen MR) is 63.6 cm³/mol. The summed E-state index contributed by atoms with van der Waals surface area (Å²) in [5.74, 6) is 0.239. The summed E-state index contributed by atoms with van der Waals surface area (Å²) in [6.45, 7) is 4.14. The van der Waals surface area contributed by atoms with Crippen LogP contribution in [0, 0.1) is 11.3 Å². The third-order valence-corrected chi connectivity index (χ3v) is 3.83. The Kier molecular flexibility index (Phi) is 4.01. The molecule has 2 N–H and O–H groups in total. The van der Waals surface area contributed by atoms with Gasteiger partial charge in [-0.1, -0.05) is 0 Å². The van der Waals surface area contributed by atoms with Crippen LogP contribution in [0.25, 0.3) is 0 Å². The van der Waals surface area contributed by atoms with Crippen LogP contribution in [-0.2, 0) is 9.53 Å². The van der Waals surface area contributed by atoms with Gasteiger partial charge < -0.3 is 20.1 Å². The number of rotatable bonds is 4. The summed E-state index contributed by atoms with van der Waals surface area (Å²) >= 11 is 0. The van der Waals surface area contributed by atoms with Crippen LogP contribution >= 0.6 is 0 Å². The Morgan fingerprint density at radius 3 is 2.88 bits per heavy atom. The van der Waals surface area contributed by atoms with E-state index in [1.807, 2.05) is 0 Å². The molecule has 5 heteroatoms. The molecule has 2 heterocycles. The normalized spacial score (nSPS) is 28.5. The fraction of sp³-hybridized carbons (Fsp3) is 0.917. The first-order valence-corrected chi connectivity index (χ1v) is 6.32. The Morgan fingerprint density at radius 1 is 1.59 bits per heavy atom. The van der Waals surface area contributed by atoms with Gasteiger partial charge in [-0.25, -0.2) is 0 Å². The molecule has 1 unspecified atom stereocenters. The topological polar surface area (TPSA) is 61.8 Å². The Morgan fingerprint density at radius 2 is 2.35 bits per heavy atom. The average Bonchev–Trinajstić information content (AvgIpc) is 2.33. The summed E-state index contributed by atoms with van der Waals surface area (Å²) in [6, 6.07) is 0. The highest BCUT2D eigenvalue weighted by Gasteiger charge is 2.40. The van der Waals surface area contributed by atoms with Gasteiger partial charge in [-0.2, -0.15) is 0 Å². The highest BCUT2D eigenvalue weighted by atomic mass is 16.5. The van der Waals surface area contributed by atoms with E-state index in [1.165, 1.54) is 0 Å². The van der Waals surface area contributed by atoms with Crippen molar-refractivity contribution in [1.82, 2.24) is 10.2 Å². The average molecular weight is 242 g/mol. The molecule has 0 bridgehead atoms. The van der Waals surface area contributed by atoms with Crippen molar-refractivity contribution >= 4 is 5.91 Å². The zero-order chi connectivity index (χ0) is 12.3. The maximum Gasteiger partial charge on any atom is 0.224 e. The van der Waals surface area contributed by atoms with E-state index in [-0.39, 0.29) is 23.8 Å². The van der Waals surface area contributed by atoms with Crippen LogP contribution in [0.3, 0.4) is 0 Å². The van der Waals surface area contributed by atoms with Crippen molar-refractivity contribution in [2.45, 2.75) is 12.8 Å². The summed E-state index contributed by atoms with van der Waals surface area (Å²) in [5.41, 5.74) is -0.0788. The molecule has 2 aliphatic rings. The highest BCUT2D eigenvalue weighted by molar-refractivity contribution is 5.78. The van der Waals surface area contributed by atoms with Crippen LogP contribution < -0.4 is 5.32 Å². The number of ether oxygens (including phenoxy) is 1. The number of hydrogen-bond donors (Lipinski definition) is 2. The summed E-state index contributed by atoms with van der Waals surface area (Å²) in [6.07, 6.45) is 2.03. The molecular formula is C12H22N2O3. The van der Waals surface area contributed by atoms with Gasteiger partial charge in [0.1, 0.15) is 0 Å². The molecule has 1 amide bonds.